The number of aromatic nitrogens is 1. The third-order valence-electron chi connectivity index (χ3n) is 3.45. The lowest BCUT2D eigenvalue weighted by Gasteiger charge is -2.10. The van der Waals surface area contributed by atoms with Crippen LogP contribution in [0.5, 0.6) is 0 Å². The Morgan fingerprint density at radius 1 is 1.22 bits per heavy atom. The van der Waals surface area contributed by atoms with Crippen LogP contribution in [-0.2, 0) is 7.05 Å². The molecular formula is C15H23ClN2. The van der Waals surface area contributed by atoms with Gasteiger partial charge in [-0.3, -0.25) is 0 Å². The summed E-state index contributed by atoms with van der Waals surface area (Å²) in [6.07, 6.45) is 7.02. The van der Waals surface area contributed by atoms with Crippen LogP contribution in [0.2, 0.25) is 0 Å². The van der Waals surface area contributed by atoms with Crippen molar-refractivity contribution in [3.05, 3.63) is 36.0 Å². The lowest BCUT2D eigenvalue weighted by Crippen LogP contribution is -2.09. The van der Waals surface area contributed by atoms with Gasteiger partial charge in [0, 0.05) is 30.2 Å². The van der Waals surface area contributed by atoms with Gasteiger partial charge >= 0.3 is 0 Å². The Labute approximate surface area is 116 Å². The average Bonchev–Trinajstić information content (AvgIpc) is 2.68. The van der Waals surface area contributed by atoms with Crippen LogP contribution in [0.1, 0.15) is 44.2 Å². The maximum absolute atomic E-state index is 6.30. The molecule has 0 saturated heterocycles. The van der Waals surface area contributed by atoms with Gasteiger partial charge in [0.25, 0.3) is 0 Å². The minimum atomic E-state index is 0. The van der Waals surface area contributed by atoms with E-state index in [0.29, 0.717) is 0 Å². The van der Waals surface area contributed by atoms with E-state index in [1.165, 1.54) is 35.7 Å². The van der Waals surface area contributed by atoms with E-state index in [0.717, 1.165) is 6.42 Å². The predicted octanol–water partition coefficient (Wildman–Crippen LogP) is 4.18. The smallest absolute Gasteiger partial charge is 0.0481 e. The molecule has 2 N–H and O–H groups in total. The van der Waals surface area contributed by atoms with Crippen LogP contribution in [-0.4, -0.2) is 4.57 Å². The molecule has 100 valence electrons. The van der Waals surface area contributed by atoms with E-state index in [-0.39, 0.29) is 18.4 Å². The SMILES string of the molecule is CCCCC[C@H](N)c1cn(C)c2ccccc12.Cl. The maximum atomic E-state index is 6.30. The lowest BCUT2D eigenvalue weighted by molar-refractivity contribution is 0.583. The molecule has 2 nitrogen and oxygen atoms in total. The minimum absolute atomic E-state index is 0. The largest absolute Gasteiger partial charge is 0.350 e. The highest BCUT2D eigenvalue weighted by Crippen LogP contribution is 2.27. The van der Waals surface area contributed by atoms with Gasteiger partial charge < -0.3 is 10.3 Å². The lowest BCUT2D eigenvalue weighted by atomic mass is 10.0. The molecule has 0 amide bonds. The molecule has 0 bridgehead atoms. The zero-order chi connectivity index (χ0) is 12.3. The van der Waals surface area contributed by atoms with Gasteiger partial charge in [-0.15, -0.1) is 12.4 Å². The first-order valence-corrected chi connectivity index (χ1v) is 6.53. The molecule has 0 unspecified atom stereocenters. The number of halogens is 1. The number of unbranched alkanes of at least 4 members (excludes halogenated alkanes) is 2. The molecule has 1 heterocycles. The molecule has 0 fully saturated rings. The number of rotatable bonds is 5. The molecule has 18 heavy (non-hydrogen) atoms. The van der Waals surface area contributed by atoms with Gasteiger partial charge in [-0.05, 0) is 18.1 Å². The molecule has 1 atom stereocenters. The normalized spacial score (nSPS) is 12.4. The van der Waals surface area contributed by atoms with Crippen molar-refractivity contribution in [2.75, 3.05) is 0 Å². The Kier molecular flexibility index (Phi) is 5.70. The van der Waals surface area contributed by atoms with Crippen molar-refractivity contribution in [3.63, 3.8) is 0 Å². The van der Waals surface area contributed by atoms with Gasteiger partial charge in [-0.2, -0.15) is 0 Å². The number of aryl methyl sites for hydroxylation is 1. The van der Waals surface area contributed by atoms with Gasteiger partial charge in [0.05, 0.1) is 0 Å². The second kappa shape index (κ2) is 6.81. The van der Waals surface area contributed by atoms with Crippen LogP contribution in [0.25, 0.3) is 10.9 Å². The van der Waals surface area contributed by atoms with E-state index in [9.17, 15) is 0 Å². The maximum Gasteiger partial charge on any atom is 0.0481 e. The molecule has 0 aliphatic heterocycles. The van der Waals surface area contributed by atoms with Crippen molar-refractivity contribution in [3.8, 4) is 0 Å². The number of para-hydroxylation sites is 1. The van der Waals surface area contributed by atoms with E-state index in [2.05, 4.69) is 49.0 Å². The minimum Gasteiger partial charge on any atom is -0.350 e. The number of nitrogens with two attached hydrogens (primary N) is 1. The fourth-order valence-electron chi connectivity index (χ4n) is 2.44. The first-order valence-electron chi connectivity index (χ1n) is 6.53. The molecule has 0 aliphatic rings. The van der Waals surface area contributed by atoms with E-state index in [4.69, 9.17) is 5.73 Å². The van der Waals surface area contributed by atoms with Crippen LogP contribution in [0.3, 0.4) is 0 Å². The van der Waals surface area contributed by atoms with Crippen LogP contribution in [0, 0.1) is 0 Å². The first-order chi connectivity index (χ1) is 8.24. The first kappa shape index (κ1) is 15.1. The van der Waals surface area contributed by atoms with Crippen molar-refractivity contribution in [1.82, 2.24) is 4.57 Å². The quantitative estimate of drug-likeness (QED) is 0.809. The number of hydrogen-bond acceptors (Lipinski definition) is 1. The molecule has 2 aromatic rings. The van der Waals surface area contributed by atoms with E-state index in [1.54, 1.807) is 0 Å². The number of nitrogens with zero attached hydrogens (tertiary/aromatic N) is 1. The standard InChI is InChI=1S/C15H22N2.ClH/c1-3-4-5-9-14(16)13-11-17(2)15-10-7-6-8-12(13)15;/h6-8,10-11,14H,3-5,9,16H2,1-2H3;1H/t14-;/m0./s1. The Bertz CT molecular complexity index is 490. The highest BCUT2D eigenvalue weighted by atomic mass is 35.5. The molecule has 0 spiro atoms. The summed E-state index contributed by atoms with van der Waals surface area (Å²) in [6, 6.07) is 8.66. The Morgan fingerprint density at radius 3 is 2.67 bits per heavy atom. The fraction of sp³-hybridized carbons (Fsp3) is 0.467. The Morgan fingerprint density at radius 2 is 1.94 bits per heavy atom. The van der Waals surface area contributed by atoms with Gasteiger partial charge in [0.1, 0.15) is 0 Å². The average molecular weight is 267 g/mol. The second-order valence-corrected chi connectivity index (χ2v) is 4.81. The summed E-state index contributed by atoms with van der Waals surface area (Å²) in [5.74, 6) is 0. The zero-order valence-corrected chi connectivity index (χ0v) is 12.0. The molecule has 0 radical (unpaired) electrons. The fourth-order valence-corrected chi connectivity index (χ4v) is 2.44. The number of fused-ring (bicyclic) bond motifs is 1. The van der Waals surface area contributed by atoms with Crippen molar-refractivity contribution in [2.45, 2.75) is 38.6 Å². The van der Waals surface area contributed by atoms with Crippen LogP contribution >= 0.6 is 12.4 Å². The molecule has 0 aliphatic carbocycles. The summed E-state index contributed by atoms with van der Waals surface area (Å²) < 4.78 is 2.17. The van der Waals surface area contributed by atoms with Gasteiger partial charge in [-0.25, -0.2) is 0 Å². The zero-order valence-electron chi connectivity index (χ0n) is 11.2. The van der Waals surface area contributed by atoms with Gasteiger partial charge in [-0.1, -0.05) is 44.4 Å². The van der Waals surface area contributed by atoms with Crippen LogP contribution in [0.15, 0.2) is 30.5 Å². The number of benzene rings is 1. The highest BCUT2D eigenvalue weighted by Gasteiger charge is 2.12. The van der Waals surface area contributed by atoms with E-state index >= 15 is 0 Å². The van der Waals surface area contributed by atoms with E-state index < -0.39 is 0 Å². The van der Waals surface area contributed by atoms with Gasteiger partial charge in [0.15, 0.2) is 0 Å². The molecule has 0 saturated carbocycles. The van der Waals surface area contributed by atoms with Crippen molar-refractivity contribution in [1.29, 1.82) is 0 Å². The van der Waals surface area contributed by atoms with Crippen molar-refractivity contribution >= 4 is 23.3 Å². The Balaban J connectivity index is 0.00000162. The number of hydrogen-bond donors (Lipinski definition) is 1. The molecule has 1 aromatic heterocycles. The Hall–Kier alpha value is -0.990. The van der Waals surface area contributed by atoms with Crippen molar-refractivity contribution < 1.29 is 0 Å². The van der Waals surface area contributed by atoms with E-state index in [1.807, 2.05) is 0 Å². The third kappa shape index (κ3) is 3.06. The summed E-state index contributed by atoms with van der Waals surface area (Å²) in [4.78, 5) is 0. The highest BCUT2D eigenvalue weighted by molar-refractivity contribution is 5.85. The molecular weight excluding hydrogens is 244 g/mol. The van der Waals surface area contributed by atoms with Crippen LogP contribution in [0.4, 0.5) is 0 Å². The monoisotopic (exact) mass is 266 g/mol. The summed E-state index contributed by atoms with van der Waals surface area (Å²) in [5, 5.41) is 1.30. The molecule has 2 rings (SSSR count). The summed E-state index contributed by atoms with van der Waals surface area (Å²) in [7, 11) is 2.09. The summed E-state index contributed by atoms with van der Waals surface area (Å²) >= 11 is 0. The van der Waals surface area contributed by atoms with Gasteiger partial charge in [0.2, 0.25) is 0 Å². The third-order valence-corrected chi connectivity index (χ3v) is 3.45. The topological polar surface area (TPSA) is 30.9 Å². The van der Waals surface area contributed by atoms with Crippen LogP contribution < -0.4 is 5.73 Å². The molecule has 3 heteroatoms. The summed E-state index contributed by atoms with van der Waals surface area (Å²) in [5.41, 5.74) is 8.86. The summed E-state index contributed by atoms with van der Waals surface area (Å²) in [6.45, 7) is 2.23. The second-order valence-electron chi connectivity index (χ2n) is 4.81. The predicted molar refractivity (Wildman–Crippen MR) is 81.2 cm³/mol. The molecule has 1 aromatic carbocycles. The van der Waals surface area contributed by atoms with Crippen molar-refractivity contribution in [2.24, 2.45) is 12.8 Å².